The molecule has 0 aliphatic rings. The van der Waals surface area contributed by atoms with Gasteiger partial charge in [-0.25, -0.2) is 0 Å². The fourth-order valence-corrected chi connectivity index (χ4v) is 3.39. The SMILES string of the molecule is COc1ccc(Br)cc1C(=O)NC(=S)Nc1ccc(NC(=O)c2cccc(C)c2)cc1. The number of halogens is 1. The van der Waals surface area contributed by atoms with Gasteiger partial charge in [0, 0.05) is 21.4 Å². The quantitative estimate of drug-likeness (QED) is 0.425. The Balaban J connectivity index is 1.59. The molecular weight excluding hydrogens is 478 g/mol. The van der Waals surface area contributed by atoms with Crippen LogP contribution in [0, 0.1) is 6.92 Å². The van der Waals surface area contributed by atoms with E-state index in [0.717, 1.165) is 10.0 Å². The number of methoxy groups -OCH3 is 1. The average Bonchev–Trinajstić information content (AvgIpc) is 2.75. The summed E-state index contributed by atoms with van der Waals surface area (Å²) in [6.45, 7) is 1.94. The number of anilines is 2. The van der Waals surface area contributed by atoms with E-state index in [-0.39, 0.29) is 11.0 Å². The van der Waals surface area contributed by atoms with Crippen LogP contribution in [0.15, 0.2) is 71.2 Å². The molecule has 3 aromatic carbocycles. The Morgan fingerprint density at radius 2 is 1.58 bits per heavy atom. The normalized spacial score (nSPS) is 10.2. The second-order valence-electron chi connectivity index (χ2n) is 6.65. The van der Waals surface area contributed by atoms with Gasteiger partial charge in [-0.1, -0.05) is 33.6 Å². The number of rotatable bonds is 5. The number of carbonyl (C=O) groups excluding carboxylic acids is 2. The molecule has 0 spiro atoms. The molecule has 0 aliphatic heterocycles. The number of thiocarbonyl (C=S) groups is 1. The number of aryl methyl sites for hydroxylation is 1. The van der Waals surface area contributed by atoms with Crippen LogP contribution in [-0.2, 0) is 0 Å². The molecule has 3 rings (SSSR count). The van der Waals surface area contributed by atoms with Gasteiger partial charge in [-0.15, -0.1) is 0 Å². The van der Waals surface area contributed by atoms with Crippen molar-refractivity contribution in [2.75, 3.05) is 17.7 Å². The molecule has 0 saturated carbocycles. The van der Waals surface area contributed by atoms with Crippen molar-refractivity contribution >= 4 is 56.4 Å². The van der Waals surface area contributed by atoms with Gasteiger partial charge in [-0.3, -0.25) is 14.9 Å². The maximum atomic E-state index is 12.5. The molecular formula is C23H20BrN3O3S. The average molecular weight is 498 g/mol. The van der Waals surface area contributed by atoms with E-state index < -0.39 is 5.91 Å². The molecule has 0 bridgehead atoms. The molecule has 0 unspecified atom stereocenters. The Kier molecular flexibility index (Phi) is 7.38. The number of ether oxygens (including phenoxy) is 1. The number of hydrogen-bond donors (Lipinski definition) is 3. The lowest BCUT2D eigenvalue weighted by atomic mass is 10.1. The van der Waals surface area contributed by atoms with Crippen molar-refractivity contribution in [2.45, 2.75) is 6.92 Å². The Morgan fingerprint density at radius 1 is 0.903 bits per heavy atom. The molecule has 6 nitrogen and oxygen atoms in total. The number of amides is 2. The first kappa shape index (κ1) is 22.5. The van der Waals surface area contributed by atoms with Crippen molar-refractivity contribution in [1.82, 2.24) is 5.32 Å². The summed E-state index contributed by atoms with van der Waals surface area (Å²) in [5.74, 6) is -0.134. The molecule has 0 heterocycles. The molecule has 3 N–H and O–H groups in total. The summed E-state index contributed by atoms with van der Waals surface area (Å²) in [5.41, 5.74) is 3.28. The topological polar surface area (TPSA) is 79.5 Å². The van der Waals surface area contributed by atoms with Crippen LogP contribution in [0.3, 0.4) is 0 Å². The zero-order valence-corrected chi connectivity index (χ0v) is 19.3. The predicted molar refractivity (Wildman–Crippen MR) is 130 cm³/mol. The Hall–Kier alpha value is -3.23. The van der Waals surface area contributed by atoms with Gasteiger partial charge in [0.25, 0.3) is 11.8 Å². The standard InChI is InChI=1S/C23H20BrN3O3S/c1-14-4-3-5-15(12-14)21(28)25-17-7-9-18(10-8-17)26-23(31)27-22(29)19-13-16(24)6-11-20(19)30-2/h3-13H,1-2H3,(H,25,28)(H2,26,27,29,31). The minimum Gasteiger partial charge on any atom is -0.496 e. The Bertz CT molecular complexity index is 1130. The van der Waals surface area contributed by atoms with Crippen LogP contribution in [0.4, 0.5) is 11.4 Å². The van der Waals surface area contributed by atoms with E-state index in [1.165, 1.54) is 7.11 Å². The molecule has 0 saturated heterocycles. The van der Waals surface area contributed by atoms with Gasteiger partial charge in [0.1, 0.15) is 5.75 Å². The highest BCUT2D eigenvalue weighted by molar-refractivity contribution is 9.10. The van der Waals surface area contributed by atoms with Gasteiger partial charge in [0.15, 0.2) is 5.11 Å². The summed E-state index contributed by atoms with van der Waals surface area (Å²) in [6.07, 6.45) is 0. The largest absolute Gasteiger partial charge is 0.496 e. The molecule has 0 radical (unpaired) electrons. The van der Waals surface area contributed by atoms with Crippen LogP contribution in [0.1, 0.15) is 26.3 Å². The van der Waals surface area contributed by atoms with Gasteiger partial charge < -0.3 is 15.4 Å². The fourth-order valence-electron chi connectivity index (χ4n) is 2.82. The lowest BCUT2D eigenvalue weighted by Gasteiger charge is -2.12. The minimum absolute atomic E-state index is 0.142. The van der Waals surface area contributed by atoms with Gasteiger partial charge >= 0.3 is 0 Å². The van der Waals surface area contributed by atoms with Crippen LogP contribution < -0.4 is 20.7 Å². The van der Waals surface area contributed by atoms with Crippen LogP contribution in [0.2, 0.25) is 0 Å². The number of benzene rings is 3. The second kappa shape index (κ2) is 10.2. The van der Waals surface area contributed by atoms with Crippen LogP contribution in [0.25, 0.3) is 0 Å². The second-order valence-corrected chi connectivity index (χ2v) is 7.98. The van der Waals surface area contributed by atoms with Crippen molar-refractivity contribution in [3.63, 3.8) is 0 Å². The first-order valence-electron chi connectivity index (χ1n) is 9.29. The van der Waals surface area contributed by atoms with E-state index >= 15 is 0 Å². The van der Waals surface area contributed by atoms with Gasteiger partial charge in [0.2, 0.25) is 0 Å². The van der Waals surface area contributed by atoms with Crippen molar-refractivity contribution in [2.24, 2.45) is 0 Å². The Labute approximate surface area is 194 Å². The zero-order valence-electron chi connectivity index (χ0n) is 16.9. The first-order chi connectivity index (χ1) is 14.9. The third-order valence-corrected chi connectivity index (χ3v) is 5.01. The van der Waals surface area contributed by atoms with Gasteiger partial charge in [-0.05, 0) is 73.7 Å². The molecule has 0 fully saturated rings. The monoisotopic (exact) mass is 497 g/mol. The summed E-state index contributed by atoms with van der Waals surface area (Å²) >= 11 is 8.58. The Morgan fingerprint density at radius 3 is 2.23 bits per heavy atom. The number of carbonyl (C=O) groups is 2. The van der Waals surface area contributed by atoms with E-state index in [1.54, 1.807) is 48.5 Å². The molecule has 0 aromatic heterocycles. The van der Waals surface area contributed by atoms with E-state index in [0.29, 0.717) is 28.3 Å². The number of hydrogen-bond acceptors (Lipinski definition) is 4. The molecule has 8 heteroatoms. The highest BCUT2D eigenvalue weighted by Gasteiger charge is 2.14. The third-order valence-electron chi connectivity index (χ3n) is 4.31. The smallest absolute Gasteiger partial charge is 0.261 e. The summed E-state index contributed by atoms with van der Waals surface area (Å²) in [7, 11) is 1.50. The highest BCUT2D eigenvalue weighted by atomic mass is 79.9. The third kappa shape index (κ3) is 6.13. The molecule has 0 aliphatic carbocycles. The van der Waals surface area contributed by atoms with Gasteiger partial charge in [-0.2, -0.15) is 0 Å². The highest BCUT2D eigenvalue weighted by Crippen LogP contribution is 2.23. The van der Waals surface area contributed by atoms with Crippen LogP contribution in [0.5, 0.6) is 5.75 Å². The number of nitrogens with one attached hydrogen (secondary N) is 3. The summed E-state index contributed by atoms with van der Waals surface area (Å²) in [6, 6.07) is 19.5. The fraction of sp³-hybridized carbons (Fsp3) is 0.0870. The molecule has 0 atom stereocenters. The van der Waals surface area contributed by atoms with Crippen LogP contribution in [-0.4, -0.2) is 24.0 Å². The first-order valence-corrected chi connectivity index (χ1v) is 10.5. The summed E-state index contributed by atoms with van der Waals surface area (Å²) < 4.78 is 5.98. The van der Waals surface area contributed by atoms with Crippen LogP contribution >= 0.6 is 28.1 Å². The predicted octanol–water partition coefficient (Wildman–Crippen LogP) is 5.15. The molecule has 3 aromatic rings. The van der Waals surface area contributed by atoms with Crippen molar-refractivity contribution < 1.29 is 14.3 Å². The summed E-state index contributed by atoms with van der Waals surface area (Å²) in [5, 5.41) is 8.57. The zero-order chi connectivity index (χ0) is 22.4. The van der Waals surface area contributed by atoms with E-state index in [2.05, 4.69) is 31.9 Å². The molecule has 158 valence electrons. The molecule has 31 heavy (non-hydrogen) atoms. The molecule has 2 amide bonds. The van der Waals surface area contributed by atoms with E-state index in [4.69, 9.17) is 17.0 Å². The summed E-state index contributed by atoms with van der Waals surface area (Å²) in [4.78, 5) is 24.9. The maximum Gasteiger partial charge on any atom is 0.261 e. The maximum absolute atomic E-state index is 12.5. The van der Waals surface area contributed by atoms with E-state index in [9.17, 15) is 9.59 Å². The minimum atomic E-state index is -0.391. The lowest BCUT2D eigenvalue weighted by Crippen LogP contribution is -2.34. The van der Waals surface area contributed by atoms with Crippen molar-refractivity contribution in [3.05, 3.63) is 87.9 Å². The van der Waals surface area contributed by atoms with Crippen molar-refractivity contribution in [3.8, 4) is 5.75 Å². The van der Waals surface area contributed by atoms with E-state index in [1.807, 2.05) is 25.1 Å². The lowest BCUT2D eigenvalue weighted by molar-refractivity contribution is 0.0973. The van der Waals surface area contributed by atoms with Crippen molar-refractivity contribution in [1.29, 1.82) is 0 Å². The van der Waals surface area contributed by atoms with Gasteiger partial charge in [0.05, 0.1) is 12.7 Å².